The number of anilines is 2. The first-order valence-electron chi connectivity index (χ1n) is 7.00. The monoisotopic (exact) mass is 358 g/mol. The molecule has 22 heavy (non-hydrogen) atoms. The third-order valence-electron chi connectivity index (χ3n) is 3.74. The van der Waals surface area contributed by atoms with Crippen LogP contribution in [-0.4, -0.2) is 11.8 Å². The molecule has 0 bridgehead atoms. The predicted molar refractivity (Wildman–Crippen MR) is 89.9 cm³/mol. The Labute approximate surface area is 137 Å². The largest absolute Gasteiger partial charge is 0.326 e. The van der Waals surface area contributed by atoms with E-state index >= 15 is 0 Å². The van der Waals surface area contributed by atoms with Gasteiger partial charge in [-0.2, -0.15) is 0 Å². The Morgan fingerprint density at radius 3 is 2.82 bits per heavy atom. The van der Waals surface area contributed by atoms with Crippen molar-refractivity contribution < 1.29 is 9.59 Å². The molecule has 5 heteroatoms. The maximum absolute atomic E-state index is 12.6. The van der Waals surface area contributed by atoms with Crippen molar-refractivity contribution in [3.8, 4) is 0 Å². The van der Waals surface area contributed by atoms with E-state index < -0.39 is 5.92 Å². The van der Waals surface area contributed by atoms with Gasteiger partial charge in [0.25, 0.3) is 0 Å². The van der Waals surface area contributed by atoms with E-state index in [-0.39, 0.29) is 18.2 Å². The smallest absolute Gasteiger partial charge is 0.232 e. The Morgan fingerprint density at radius 1 is 1.27 bits per heavy atom. The van der Waals surface area contributed by atoms with Gasteiger partial charge in [0, 0.05) is 22.3 Å². The highest BCUT2D eigenvalue weighted by Gasteiger charge is 2.30. The van der Waals surface area contributed by atoms with Crippen molar-refractivity contribution >= 4 is 39.1 Å². The molecule has 2 amide bonds. The molecular formula is C17H15BrN2O2. The number of para-hydroxylation sites is 1. The second-order valence-corrected chi connectivity index (χ2v) is 6.20. The van der Waals surface area contributed by atoms with Crippen LogP contribution in [0.2, 0.25) is 0 Å². The predicted octanol–water partition coefficient (Wildman–Crippen LogP) is 3.82. The first-order chi connectivity index (χ1) is 10.5. The van der Waals surface area contributed by atoms with E-state index in [0.29, 0.717) is 5.69 Å². The summed E-state index contributed by atoms with van der Waals surface area (Å²) >= 11 is 3.44. The summed E-state index contributed by atoms with van der Waals surface area (Å²) in [6.07, 6.45) is 0.165. The maximum atomic E-state index is 12.6. The van der Waals surface area contributed by atoms with E-state index in [9.17, 15) is 9.59 Å². The molecule has 112 valence electrons. The fraction of sp³-hybridized carbons (Fsp3) is 0.176. The van der Waals surface area contributed by atoms with Gasteiger partial charge in [-0.05, 0) is 42.3 Å². The molecule has 0 fully saturated rings. The third-order valence-corrected chi connectivity index (χ3v) is 4.63. The molecule has 0 spiro atoms. The Balaban J connectivity index is 1.86. The molecule has 4 nitrogen and oxygen atoms in total. The zero-order valence-electron chi connectivity index (χ0n) is 12.0. The Hall–Kier alpha value is -2.14. The van der Waals surface area contributed by atoms with Crippen LogP contribution in [0, 0.1) is 6.92 Å². The van der Waals surface area contributed by atoms with E-state index in [4.69, 9.17) is 0 Å². The Kier molecular flexibility index (Phi) is 3.98. The summed E-state index contributed by atoms with van der Waals surface area (Å²) in [6.45, 7) is 1.96. The van der Waals surface area contributed by atoms with Gasteiger partial charge in [-0.1, -0.05) is 34.1 Å². The molecule has 2 aromatic rings. The van der Waals surface area contributed by atoms with Gasteiger partial charge in [0.1, 0.15) is 0 Å². The van der Waals surface area contributed by atoms with E-state index in [1.165, 1.54) is 0 Å². The zero-order valence-corrected chi connectivity index (χ0v) is 13.6. The summed E-state index contributed by atoms with van der Waals surface area (Å²) in [5.41, 5.74) is 3.34. The molecule has 1 atom stereocenters. The van der Waals surface area contributed by atoms with Crippen LogP contribution in [0.15, 0.2) is 46.9 Å². The minimum absolute atomic E-state index is 0.133. The molecule has 1 heterocycles. The maximum Gasteiger partial charge on any atom is 0.232 e. The fourth-order valence-electron chi connectivity index (χ4n) is 2.60. The van der Waals surface area contributed by atoms with Crippen LogP contribution in [0.5, 0.6) is 0 Å². The number of rotatable bonds is 2. The summed E-state index contributed by atoms with van der Waals surface area (Å²) in [5.74, 6) is -0.760. The normalized spacial score (nSPS) is 16.6. The van der Waals surface area contributed by atoms with Crippen molar-refractivity contribution in [2.75, 3.05) is 10.6 Å². The number of benzene rings is 2. The van der Waals surface area contributed by atoms with Crippen molar-refractivity contribution in [1.29, 1.82) is 0 Å². The highest BCUT2D eigenvalue weighted by atomic mass is 79.9. The molecule has 0 aromatic heterocycles. The lowest BCUT2D eigenvalue weighted by atomic mass is 9.90. The number of nitrogens with one attached hydrogen (secondary N) is 2. The number of fused-ring (bicyclic) bond motifs is 1. The third kappa shape index (κ3) is 2.90. The minimum atomic E-state index is -0.464. The lowest BCUT2D eigenvalue weighted by Gasteiger charge is -2.24. The number of amides is 2. The molecule has 2 N–H and O–H groups in total. The first kappa shape index (κ1) is 14.8. The second-order valence-electron chi connectivity index (χ2n) is 5.35. The first-order valence-corrected chi connectivity index (χ1v) is 7.79. The van der Waals surface area contributed by atoms with Crippen LogP contribution in [0.3, 0.4) is 0 Å². The topological polar surface area (TPSA) is 58.2 Å². The molecule has 0 aliphatic carbocycles. The van der Waals surface area contributed by atoms with Crippen LogP contribution < -0.4 is 10.6 Å². The van der Waals surface area contributed by atoms with Crippen LogP contribution in [0.25, 0.3) is 0 Å². The van der Waals surface area contributed by atoms with Gasteiger partial charge < -0.3 is 10.6 Å². The van der Waals surface area contributed by atoms with E-state index in [1.807, 2.05) is 49.4 Å². The van der Waals surface area contributed by atoms with E-state index in [2.05, 4.69) is 26.6 Å². The van der Waals surface area contributed by atoms with Crippen LogP contribution in [0.4, 0.5) is 11.4 Å². The number of carbonyl (C=O) groups excluding carboxylic acids is 2. The van der Waals surface area contributed by atoms with Crippen molar-refractivity contribution in [3.63, 3.8) is 0 Å². The molecule has 2 aromatic carbocycles. The van der Waals surface area contributed by atoms with Crippen molar-refractivity contribution in [1.82, 2.24) is 0 Å². The van der Waals surface area contributed by atoms with Gasteiger partial charge in [0.05, 0.1) is 5.92 Å². The van der Waals surface area contributed by atoms with Crippen molar-refractivity contribution in [2.24, 2.45) is 0 Å². The summed E-state index contributed by atoms with van der Waals surface area (Å²) < 4.78 is 0.993. The van der Waals surface area contributed by atoms with E-state index in [0.717, 1.165) is 21.3 Å². The number of hydrogen-bond donors (Lipinski definition) is 2. The molecular weight excluding hydrogens is 344 g/mol. The highest BCUT2D eigenvalue weighted by Crippen LogP contribution is 2.33. The molecule has 1 aliphatic rings. The van der Waals surface area contributed by atoms with Crippen LogP contribution in [-0.2, 0) is 9.59 Å². The Bertz CT molecular complexity index is 758. The summed E-state index contributed by atoms with van der Waals surface area (Å²) in [4.78, 5) is 24.4. The molecule has 0 saturated carbocycles. The molecule has 0 radical (unpaired) electrons. The molecule has 0 saturated heterocycles. The molecule has 3 rings (SSSR count). The Morgan fingerprint density at radius 2 is 2.05 bits per heavy atom. The number of carbonyl (C=O) groups is 2. The van der Waals surface area contributed by atoms with Gasteiger partial charge in [0.2, 0.25) is 11.8 Å². The van der Waals surface area contributed by atoms with Crippen molar-refractivity contribution in [3.05, 3.63) is 58.1 Å². The van der Waals surface area contributed by atoms with Crippen LogP contribution >= 0.6 is 15.9 Å². The minimum Gasteiger partial charge on any atom is -0.326 e. The van der Waals surface area contributed by atoms with Gasteiger partial charge >= 0.3 is 0 Å². The fourth-order valence-corrected chi connectivity index (χ4v) is 2.84. The number of aryl methyl sites for hydroxylation is 1. The van der Waals surface area contributed by atoms with Gasteiger partial charge in [-0.15, -0.1) is 0 Å². The molecule has 1 aliphatic heterocycles. The lowest BCUT2D eigenvalue weighted by Crippen LogP contribution is -2.30. The zero-order chi connectivity index (χ0) is 15.7. The molecule has 1 unspecified atom stereocenters. The average molecular weight is 359 g/mol. The SMILES string of the molecule is Cc1cc(NC(=O)C2CC(=O)Nc3ccccc32)ccc1Br. The summed E-state index contributed by atoms with van der Waals surface area (Å²) in [7, 11) is 0. The average Bonchev–Trinajstić information content (AvgIpc) is 2.50. The van der Waals surface area contributed by atoms with Gasteiger partial charge in [-0.3, -0.25) is 9.59 Å². The van der Waals surface area contributed by atoms with Crippen LogP contribution in [0.1, 0.15) is 23.5 Å². The van der Waals surface area contributed by atoms with Crippen molar-refractivity contribution in [2.45, 2.75) is 19.3 Å². The summed E-state index contributed by atoms with van der Waals surface area (Å²) in [6, 6.07) is 13.0. The number of halogens is 1. The van der Waals surface area contributed by atoms with E-state index in [1.54, 1.807) is 0 Å². The quantitative estimate of drug-likeness (QED) is 0.857. The highest BCUT2D eigenvalue weighted by molar-refractivity contribution is 9.10. The van der Waals surface area contributed by atoms with Gasteiger partial charge in [0.15, 0.2) is 0 Å². The summed E-state index contributed by atoms with van der Waals surface area (Å²) in [5, 5.41) is 5.70. The van der Waals surface area contributed by atoms with Gasteiger partial charge in [-0.25, -0.2) is 0 Å². The lowest BCUT2D eigenvalue weighted by molar-refractivity contribution is -0.123. The second kappa shape index (κ2) is 5.93. The standard InChI is InChI=1S/C17H15BrN2O2/c1-10-8-11(6-7-14(10)18)19-17(22)13-9-16(21)20-15-5-3-2-4-12(13)15/h2-8,13H,9H2,1H3,(H,19,22)(H,20,21). The number of hydrogen-bond acceptors (Lipinski definition) is 2.